The number of ketones is 1. The van der Waals surface area contributed by atoms with Gasteiger partial charge in [0.2, 0.25) is 5.78 Å². The number of carbonyl (C=O) groups excluding carboxylic acids is 1. The molecule has 5 nitrogen and oxygen atoms in total. The standard InChI is InChI=1S/C30H20O5/c1-18-24-16-22(12-14-25(24)35-30(18)29(32)20-8-3-2-4-9-20)33-17-21-15-27(31)34-26-13-11-19-7-5-6-10-23(19)28(21)26/h2-16H,17H2,1H3. The van der Waals surface area contributed by atoms with Gasteiger partial charge in [0.1, 0.15) is 23.5 Å². The van der Waals surface area contributed by atoms with Crippen molar-refractivity contribution in [3.8, 4) is 5.75 Å². The van der Waals surface area contributed by atoms with E-state index < -0.39 is 5.63 Å². The lowest BCUT2D eigenvalue weighted by atomic mass is 10.0. The zero-order valence-electron chi connectivity index (χ0n) is 18.9. The first-order valence-electron chi connectivity index (χ1n) is 11.3. The molecule has 6 rings (SSSR count). The smallest absolute Gasteiger partial charge is 0.336 e. The predicted molar refractivity (Wildman–Crippen MR) is 135 cm³/mol. The number of benzene rings is 4. The average Bonchev–Trinajstić information content (AvgIpc) is 3.22. The highest BCUT2D eigenvalue weighted by Crippen LogP contribution is 2.32. The zero-order chi connectivity index (χ0) is 23.9. The first-order valence-corrected chi connectivity index (χ1v) is 11.3. The van der Waals surface area contributed by atoms with Crippen LogP contribution in [0.2, 0.25) is 0 Å². The molecule has 0 aliphatic rings. The number of aryl methyl sites for hydroxylation is 1. The second-order valence-electron chi connectivity index (χ2n) is 8.45. The molecule has 0 N–H and O–H groups in total. The maximum absolute atomic E-state index is 12.9. The second kappa shape index (κ2) is 8.29. The Bertz CT molecular complexity index is 1790. The van der Waals surface area contributed by atoms with Crippen LogP contribution in [0, 0.1) is 6.92 Å². The lowest BCUT2D eigenvalue weighted by Gasteiger charge is -2.10. The van der Waals surface area contributed by atoms with Gasteiger partial charge in [0.25, 0.3) is 0 Å². The van der Waals surface area contributed by atoms with E-state index in [2.05, 4.69) is 0 Å². The van der Waals surface area contributed by atoms with Crippen molar-refractivity contribution in [2.24, 2.45) is 0 Å². The van der Waals surface area contributed by atoms with Crippen LogP contribution in [0.15, 0.2) is 105 Å². The fourth-order valence-corrected chi connectivity index (χ4v) is 4.52. The van der Waals surface area contributed by atoms with Crippen LogP contribution in [0.5, 0.6) is 5.75 Å². The van der Waals surface area contributed by atoms with E-state index >= 15 is 0 Å². The quantitative estimate of drug-likeness (QED) is 0.161. The molecule has 0 spiro atoms. The molecule has 0 saturated heterocycles. The van der Waals surface area contributed by atoms with Gasteiger partial charge in [-0.1, -0.05) is 60.7 Å². The molecule has 0 radical (unpaired) electrons. The Balaban J connectivity index is 1.36. The molecule has 170 valence electrons. The number of furan rings is 1. The number of rotatable bonds is 5. The molecular weight excluding hydrogens is 440 g/mol. The van der Waals surface area contributed by atoms with E-state index in [4.69, 9.17) is 13.6 Å². The first-order chi connectivity index (χ1) is 17.1. The van der Waals surface area contributed by atoms with E-state index in [-0.39, 0.29) is 12.4 Å². The van der Waals surface area contributed by atoms with Gasteiger partial charge in [-0.2, -0.15) is 0 Å². The third-order valence-electron chi connectivity index (χ3n) is 6.26. The summed E-state index contributed by atoms with van der Waals surface area (Å²) in [6.45, 7) is 2.06. The third kappa shape index (κ3) is 3.67. The maximum Gasteiger partial charge on any atom is 0.336 e. The molecule has 2 heterocycles. The lowest BCUT2D eigenvalue weighted by Crippen LogP contribution is -2.04. The van der Waals surface area contributed by atoms with Crippen LogP contribution >= 0.6 is 0 Å². The van der Waals surface area contributed by atoms with Gasteiger partial charge in [-0.05, 0) is 42.0 Å². The summed E-state index contributed by atoms with van der Waals surface area (Å²) in [6.07, 6.45) is 0. The van der Waals surface area contributed by atoms with Gasteiger partial charge in [0.05, 0.1) is 0 Å². The zero-order valence-corrected chi connectivity index (χ0v) is 18.9. The fraction of sp³-hybridized carbons (Fsp3) is 0.0667. The Morgan fingerprint density at radius 3 is 2.43 bits per heavy atom. The Labute approximate surface area is 200 Å². The van der Waals surface area contributed by atoms with Crippen molar-refractivity contribution in [2.45, 2.75) is 13.5 Å². The van der Waals surface area contributed by atoms with Crippen molar-refractivity contribution in [3.63, 3.8) is 0 Å². The number of fused-ring (bicyclic) bond motifs is 4. The van der Waals surface area contributed by atoms with Gasteiger partial charge in [-0.15, -0.1) is 0 Å². The number of hydrogen-bond donors (Lipinski definition) is 0. The van der Waals surface area contributed by atoms with Gasteiger partial charge >= 0.3 is 5.63 Å². The van der Waals surface area contributed by atoms with Crippen LogP contribution in [0.4, 0.5) is 0 Å². The molecule has 0 aliphatic carbocycles. The largest absolute Gasteiger partial charge is 0.489 e. The van der Waals surface area contributed by atoms with E-state index in [0.29, 0.717) is 28.2 Å². The summed E-state index contributed by atoms with van der Waals surface area (Å²) >= 11 is 0. The summed E-state index contributed by atoms with van der Waals surface area (Å²) in [5.74, 6) is 0.777. The summed E-state index contributed by atoms with van der Waals surface area (Å²) < 4.78 is 17.5. The Hall–Kier alpha value is -4.64. The van der Waals surface area contributed by atoms with Crippen molar-refractivity contribution < 1.29 is 18.4 Å². The van der Waals surface area contributed by atoms with Gasteiger partial charge in [0.15, 0.2) is 5.76 Å². The molecule has 0 bridgehead atoms. The summed E-state index contributed by atoms with van der Waals surface area (Å²) in [5, 5.41) is 3.72. The first kappa shape index (κ1) is 20.9. The van der Waals surface area contributed by atoms with E-state index in [0.717, 1.165) is 32.7 Å². The Morgan fingerprint density at radius 2 is 1.57 bits per heavy atom. The Kier molecular flexibility index (Phi) is 4.96. The van der Waals surface area contributed by atoms with Crippen molar-refractivity contribution in [1.29, 1.82) is 0 Å². The number of hydrogen-bond acceptors (Lipinski definition) is 5. The molecule has 35 heavy (non-hydrogen) atoms. The van der Waals surface area contributed by atoms with Crippen molar-refractivity contribution in [1.82, 2.24) is 0 Å². The number of ether oxygens (including phenoxy) is 1. The highest BCUT2D eigenvalue weighted by atomic mass is 16.5. The third-order valence-corrected chi connectivity index (χ3v) is 6.26. The molecule has 0 fully saturated rings. The molecule has 2 aromatic heterocycles. The van der Waals surface area contributed by atoms with E-state index in [1.165, 1.54) is 6.07 Å². The average molecular weight is 460 g/mol. The highest BCUT2D eigenvalue weighted by Gasteiger charge is 2.19. The van der Waals surface area contributed by atoms with Gasteiger partial charge in [-0.3, -0.25) is 4.79 Å². The molecular formula is C30H20O5. The van der Waals surface area contributed by atoms with E-state index in [9.17, 15) is 9.59 Å². The van der Waals surface area contributed by atoms with Crippen molar-refractivity contribution in [3.05, 3.63) is 124 Å². The van der Waals surface area contributed by atoms with Gasteiger partial charge in [-0.25, -0.2) is 4.79 Å². The highest BCUT2D eigenvalue weighted by molar-refractivity contribution is 6.10. The van der Waals surface area contributed by atoms with Gasteiger partial charge in [0, 0.05) is 33.5 Å². The molecule has 6 aromatic rings. The van der Waals surface area contributed by atoms with E-state index in [1.807, 2.05) is 67.6 Å². The van der Waals surface area contributed by atoms with Crippen molar-refractivity contribution in [2.75, 3.05) is 0 Å². The summed E-state index contributed by atoms with van der Waals surface area (Å²) in [5.41, 5.74) is 2.81. The van der Waals surface area contributed by atoms with E-state index in [1.54, 1.807) is 24.3 Å². The van der Waals surface area contributed by atoms with Crippen LogP contribution in [-0.2, 0) is 6.61 Å². The second-order valence-corrected chi connectivity index (χ2v) is 8.45. The van der Waals surface area contributed by atoms with Crippen LogP contribution in [0.25, 0.3) is 32.7 Å². The Morgan fingerprint density at radius 1 is 0.800 bits per heavy atom. The van der Waals surface area contributed by atoms with Crippen LogP contribution in [0.1, 0.15) is 27.2 Å². The van der Waals surface area contributed by atoms with Crippen LogP contribution in [0.3, 0.4) is 0 Å². The van der Waals surface area contributed by atoms with Crippen molar-refractivity contribution >= 4 is 38.5 Å². The SMILES string of the molecule is Cc1c(C(=O)c2ccccc2)oc2ccc(OCc3cc(=O)oc4ccc5ccccc5c34)cc12. The lowest BCUT2D eigenvalue weighted by molar-refractivity contribution is 0.101. The minimum atomic E-state index is -0.420. The summed E-state index contributed by atoms with van der Waals surface area (Å²) in [4.78, 5) is 25.1. The molecule has 4 aromatic carbocycles. The predicted octanol–water partition coefficient (Wildman–Crippen LogP) is 6.81. The summed E-state index contributed by atoms with van der Waals surface area (Å²) in [7, 11) is 0. The molecule has 5 heteroatoms. The molecule has 0 saturated carbocycles. The van der Waals surface area contributed by atoms with Gasteiger partial charge < -0.3 is 13.6 Å². The van der Waals surface area contributed by atoms with Crippen LogP contribution < -0.4 is 10.4 Å². The maximum atomic E-state index is 12.9. The molecule has 0 atom stereocenters. The normalized spacial score (nSPS) is 11.3. The number of carbonyl (C=O) groups is 1. The van der Waals surface area contributed by atoms with Crippen LogP contribution in [-0.4, -0.2) is 5.78 Å². The summed E-state index contributed by atoms with van der Waals surface area (Å²) in [6, 6.07) is 27.7. The molecule has 0 amide bonds. The molecule has 0 unspecified atom stereocenters. The topological polar surface area (TPSA) is 69.7 Å². The monoisotopic (exact) mass is 460 g/mol. The molecule has 0 aliphatic heterocycles. The minimum Gasteiger partial charge on any atom is -0.489 e. The fourth-order valence-electron chi connectivity index (χ4n) is 4.52. The minimum absolute atomic E-state index is 0.156.